The number of para-hydroxylation sites is 4. The van der Waals surface area contributed by atoms with Crippen molar-refractivity contribution in [3.63, 3.8) is 0 Å². The van der Waals surface area contributed by atoms with Crippen LogP contribution in [-0.4, -0.2) is 21.7 Å². The first-order chi connectivity index (χ1) is 23.7. The van der Waals surface area contributed by atoms with Crippen LogP contribution >= 0.6 is 0 Å². The molecule has 1 aromatic heterocycles. The highest BCUT2D eigenvalue weighted by atomic mass is 16.4. The van der Waals surface area contributed by atoms with Gasteiger partial charge in [-0.1, -0.05) is 84.9 Å². The topological polar surface area (TPSA) is 51.9 Å². The van der Waals surface area contributed by atoms with Crippen molar-refractivity contribution >= 4 is 68.5 Å². The molecule has 5 nitrogen and oxygen atoms in total. The quantitative estimate of drug-likeness (QED) is 0.166. The Hall–Kier alpha value is -6.08. The fraction of sp³-hybridized carbons (Fsp3) is 0. The molecule has 0 aliphatic heterocycles. The number of hydrogen-bond donors (Lipinski definition) is 2. The second kappa shape index (κ2) is 12.6. The van der Waals surface area contributed by atoms with Crippen LogP contribution < -0.4 is 15.3 Å². The molecule has 0 aliphatic carbocycles. The third-order valence-corrected chi connectivity index (χ3v) is 8.75. The van der Waals surface area contributed by atoms with Gasteiger partial charge in [0.15, 0.2) is 0 Å². The minimum atomic E-state index is -1.57. The van der Waals surface area contributed by atoms with Gasteiger partial charge in [0.2, 0.25) is 0 Å². The van der Waals surface area contributed by atoms with Gasteiger partial charge in [-0.05, 0) is 103 Å². The lowest BCUT2D eigenvalue weighted by atomic mass is 9.80. The molecule has 0 bridgehead atoms. The second-order valence-corrected chi connectivity index (χ2v) is 11.7. The highest BCUT2D eigenvalue weighted by molar-refractivity contribution is 6.59. The Balaban J connectivity index is 1.29. The summed E-state index contributed by atoms with van der Waals surface area (Å²) in [6.45, 7) is 0. The van der Waals surface area contributed by atoms with Crippen LogP contribution in [0.25, 0.3) is 27.5 Å². The van der Waals surface area contributed by atoms with Gasteiger partial charge in [-0.15, -0.1) is 0 Å². The predicted molar refractivity (Wildman–Crippen MR) is 200 cm³/mol. The Morgan fingerprint density at radius 1 is 0.375 bits per heavy atom. The highest BCUT2D eigenvalue weighted by Gasteiger charge is 2.20. The summed E-state index contributed by atoms with van der Waals surface area (Å²) in [6, 6.07) is 62.2. The van der Waals surface area contributed by atoms with Crippen LogP contribution in [0.4, 0.5) is 34.1 Å². The van der Waals surface area contributed by atoms with E-state index in [0.29, 0.717) is 5.46 Å². The molecule has 6 heteroatoms. The number of anilines is 6. The number of aromatic nitrogens is 1. The molecular formula is C42H32BN3O2. The van der Waals surface area contributed by atoms with Crippen LogP contribution in [-0.2, 0) is 0 Å². The molecule has 48 heavy (non-hydrogen) atoms. The zero-order valence-corrected chi connectivity index (χ0v) is 26.1. The summed E-state index contributed by atoms with van der Waals surface area (Å²) >= 11 is 0. The summed E-state index contributed by atoms with van der Waals surface area (Å²) in [6.07, 6.45) is 0. The van der Waals surface area contributed by atoms with E-state index in [4.69, 9.17) is 0 Å². The van der Waals surface area contributed by atoms with E-state index in [2.05, 4.69) is 130 Å². The van der Waals surface area contributed by atoms with Crippen LogP contribution in [0.1, 0.15) is 0 Å². The molecule has 1 heterocycles. The number of benzene rings is 7. The van der Waals surface area contributed by atoms with Gasteiger partial charge in [-0.25, -0.2) is 0 Å². The maximum atomic E-state index is 10.1. The van der Waals surface area contributed by atoms with Crippen molar-refractivity contribution in [3.8, 4) is 5.69 Å². The third-order valence-electron chi connectivity index (χ3n) is 8.75. The molecule has 0 amide bonds. The largest absolute Gasteiger partial charge is 0.488 e. The molecule has 0 unspecified atom stereocenters. The smallest absolute Gasteiger partial charge is 0.423 e. The zero-order valence-electron chi connectivity index (χ0n) is 26.1. The summed E-state index contributed by atoms with van der Waals surface area (Å²) in [5.74, 6) is 0. The lowest BCUT2D eigenvalue weighted by Gasteiger charge is -2.26. The Morgan fingerprint density at radius 3 is 1.21 bits per heavy atom. The van der Waals surface area contributed by atoms with Crippen LogP contribution in [0.15, 0.2) is 182 Å². The molecule has 0 radical (unpaired) electrons. The number of nitrogens with zero attached hydrogens (tertiary/aromatic N) is 3. The Labute approximate surface area is 280 Å². The summed E-state index contributed by atoms with van der Waals surface area (Å²) in [7, 11) is -1.57. The van der Waals surface area contributed by atoms with E-state index in [1.165, 1.54) is 0 Å². The van der Waals surface area contributed by atoms with Crippen molar-refractivity contribution in [2.24, 2.45) is 0 Å². The van der Waals surface area contributed by atoms with Gasteiger partial charge < -0.3 is 24.4 Å². The average Bonchev–Trinajstić information content (AvgIpc) is 3.47. The van der Waals surface area contributed by atoms with Crippen molar-refractivity contribution in [3.05, 3.63) is 182 Å². The van der Waals surface area contributed by atoms with Gasteiger partial charge in [0.05, 0.1) is 11.0 Å². The van der Waals surface area contributed by atoms with E-state index in [-0.39, 0.29) is 0 Å². The van der Waals surface area contributed by atoms with E-state index in [1.54, 1.807) is 6.07 Å². The Bertz CT molecular complexity index is 2230. The van der Waals surface area contributed by atoms with Crippen molar-refractivity contribution in [2.45, 2.75) is 0 Å². The van der Waals surface area contributed by atoms with Gasteiger partial charge in [0.1, 0.15) is 0 Å². The van der Waals surface area contributed by atoms with Gasteiger partial charge in [-0.2, -0.15) is 0 Å². The highest BCUT2D eigenvalue weighted by Crippen LogP contribution is 2.40. The third kappa shape index (κ3) is 5.39. The summed E-state index contributed by atoms with van der Waals surface area (Å²) in [5, 5.41) is 22.2. The number of hydrogen-bond acceptors (Lipinski definition) is 4. The standard InChI is InChI=1S/C42H32BN3O2/c47-43(48)31-21-27-41-39(29-31)40-30-38(45(34-17-9-3-10-18-34)35-19-11-4-12-20-35)26-28-42(40)46(41)37-24-22-36(23-25-37)44(32-13-5-1-6-14-32)33-15-7-2-8-16-33/h1-30,47-48H. The Kier molecular flexibility index (Phi) is 7.71. The van der Waals surface area contributed by atoms with Crippen LogP contribution in [0.2, 0.25) is 0 Å². The second-order valence-electron chi connectivity index (χ2n) is 11.7. The summed E-state index contributed by atoms with van der Waals surface area (Å²) < 4.78 is 2.25. The molecular weight excluding hydrogens is 589 g/mol. The van der Waals surface area contributed by atoms with Crippen molar-refractivity contribution in [1.29, 1.82) is 0 Å². The molecule has 0 spiro atoms. The van der Waals surface area contributed by atoms with E-state index >= 15 is 0 Å². The van der Waals surface area contributed by atoms with Gasteiger partial charge in [0, 0.05) is 50.6 Å². The van der Waals surface area contributed by atoms with E-state index in [9.17, 15) is 10.0 Å². The van der Waals surface area contributed by atoms with Crippen LogP contribution in [0, 0.1) is 0 Å². The van der Waals surface area contributed by atoms with E-state index in [0.717, 1.165) is 61.6 Å². The predicted octanol–water partition coefficient (Wildman–Crippen LogP) is 9.40. The fourth-order valence-electron chi connectivity index (χ4n) is 6.56. The molecule has 0 fully saturated rings. The molecule has 0 aliphatic rings. The molecule has 0 saturated heterocycles. The monoisotopic (exact) mass is 621 g/mol. The molecule has 8 rings (SSSR count). The average molecular weight is 622 g/mol. The lowest BCUT2D eigenvalue weighted by Crippen LogP contribution is -2.29. The van der Waals surface area contributed by atoms with Gasteiger partial charge in [-0.3, -0.25) is 0 Å². The molecule has 8 aromatic rings. The van der Waals surface area contributed by atoms with Crippen LogP contribution in [0.5, 0.6) is 0 Å². The van der Waals surface area contributed by atoms with Crippen molar-refractivity contribution in [1.82, 2.24) is 4.57 Å². The van der Waals surface area contributed by atoms with Crippen LogP contribution in [0.3, 0.4) is 0 Å². The molecule has 0 saturated carbocycles. The number of rotatable bonds is 8. The first-order valence-electron chi connectivity index (χ1n) is 16.0. The molecule has 0 atom stereocenters. The fourth-order valence-corrected chi connectivity index (χ4v) is 6.56. The normalized spacial score (nSPS) is 11.1. The molecule has 2 N–H and O–H groups in total. The maximum Gasteiger partial charge on any atom is 0.488 e. The molecule has 7 aromatic carbocycles. The van der Waals surface area contributed by atoms with Crippen molar-refractivity contribution in [2.75, 3.05) is 9.80 Å². The number of fused-ring (bicyclic) bond motifs is 3. The first-order valence-corrected chi connectivity index (χ1v) is 16.0. The summed E-state index contributed by atoms with van der Waals surface area (Å²) in [5.41, 5.74) is 9.78. The van der Waals surface area contributed by atoms with E-state index < -0.39 is 7.12 Å². The van der Waals surface area contributed by atoms with Gasteiger partial charge in [0.25, 0.3) is 0 Å². The zero-order chi connectivity index (χ0) is 32.5. The minimum absolute atomic E-state index is 0.451. The first kappa shape index (κ1) is 29.3. The minimum Gasteiger partial charge on any atom is -0.423 e. The summed E-state index contributed by atoms with van der Waals surface area (Å²) in [4.78, 5) is 4.49. The lowest BCUT2D eigenvalue weighted by molar-refractivity contribution is 0.426. The Morgan fingerprint density at radius 2 is 0.750 bits per heavy atom. The van der Waals surface area contributed by atoms with E-state index in [1.807, 2.05) is 60.7 Å². The van der Waals surface area contributed by atoms with Crippen molar-refractivity contribution < 1.29 is 10.0 Å². The SMILES string of the molecule is OB(O)c1ccc2c(c1)c1cc(N(c3ccccc3)c3ccccc3)ccc1n2-c1ccc(N(c2ccccc2)c2ccccc2)cc1. The molecule has 230 valence electrons. The maximum absolute atomic E-state index is 10.1. The van der Waals surface area contributed by atoms with Gasteiger partial charge >= 0.3 is 7.12 Å².